The fourth-order valence-electron chi connectivity index (χ4n) is 5.54. The number of pyridine rings is 1. The number of hydrogen-bond donors (Lipinski definition) is 1. The highest BCUT2D eigenvalue weighted by Crippen LogP contribution is 2.44. The van der Waals surface area contributed by atoms with E-state index in [9.17, 15) is 0 Å². The summed E-state index contributed by atoms with van der Waals surface area (Å²) >= 11 is 12.9. The van der Waals surface area contributed by atoms with E-state index in [1.807, 2.05) is 24.4 Å². The van der Waals surface area contributed by atoms with E-state index >= 15 is 0 Å². The quantitative estimate of drug-likeness (QED) is 0.284. The molecule has 188 valence electrons. The van der Waals surface area contributed by atoms with Crippen molar-refractivity contribution in [3.8, 4) is 5.69 Å². The van der Waals surface area contributed by atoms with Crippen LogP contribution in [0.5, 0.6) is 0 Å². The molecular formula is C30H30ClN5S. The second-order valence-electron chi connectivity index (χ2n) is 9.94. The van der Waals surface area contributed by atoms with Crippen LogP contribution in [-0.4, -0.2) is 27.8 Å². The first-order chi connectivity index (χ1) is 18.1. The summed E-state index contributed by atoms with van der Waals surface area (Å²) in [7, 11) is 0. The summed E-state index contributed by atoms with van der Waals surface area (Å²) in [6.45, 7) is 4.41. The third kappa shape index (κ3) is 4.60. The molecule has 37 heavy (non-hydrogen) atoms. The molecule has 4 aromatic rings. The van der Waals surface area contributed by atoms with Gasteiger partial charge in [-0.05, 0) is 85.6 Å². The molecule has 2 aliphatic rings. The van der Waals surface area contributed by atoms with Gasteiger partial charge in [-0.1, -0.05) is 42.8 Å². The molecule has 2 atom stereocenters. The largest absolute Gasteiger partial charge is 0.370 e. The van der Waals surface area contributed by atoms with Crippen LogP contribution in [0.1, 0.15) is 43.2 Å². The summed E-state index contributed by atoms with van der Waals surface area (Å²) < 4.78 is 2.23. The van der Waals surface area contributed by atoms with Gasteiger partial charge in [0.25, 0.3) is 0 Å². The van der Waals surface area contributed by atoms with Crippen molar-refractivity contribution in [3.05, 3.63) is 108 Å². The first-order valence-electron chi connectivity index (χ1n) is 12.9. The molecule has 2 aliphatic heterocycles. The lowest BCUT2D eigenvalue weighted by atomic mass is 9.98. The minimum Gasteiger partial charge on any atom is -0.370 e. The van der Waals surface area contributed by atoms with E-state index in [0.717, 1.165) is 52.5 Å². The molecule has 0 amide bonds. The highest BCUT2D eigenvalue weighted by Gasteiger charge is 2.42. The second kappa shape index (κ2) is 10.2. The predicted molar refractivity (Wildman–Crippen MR) is 156 cm³/mol. The zero-order valence-electron chi connectivity index (χ0n) is 20.8. The molecule has 0 aliphatic carbocycles. The number of aromatic nitrogens is 2. The lowest BCUT2D eigenvalue weighted by Crippen LogP contribution is -2.33. The Hall–Kier alpha value is -3.35. The maximum Gasteiger partial charge on any atom is 0.174 e. The minimum atomic E-state index is -0.118. The Labute approximate surface area is 228 Å². The number of nitrogens with zero attached hydrogens (tertiary/aromatic N) is 4. The van der Waals surface area contributed by atoms with Crippen molar-refractivity contribution in [1.29, 1.82) is 0 Å². The molecule has 0 unspecified atom stereocenters. The van der Waals surface area contributed by atoms with Crippen molar-refractivity contribution in [2.45, 2.75) is 31.8 Å². The molecule has 2 fully saturated rings. The minimum absolute atomic E-state index is 0.115. The van der Waals surface area contributed by atoms with Gasteiger partial charge in [0.05, 0.1) is 22.4 Å². The van der Waals surface area contributed by atoms with Gasteiger partial charge in [-0.2, -0.15) is 0 Å². The molecule has 4 heterocycles. The van der Waals surface area contributed by atoms with Crippen LogP contribution < -0.4 is 15.1 Å². The van der Waals surface area contributed by atoms with Gasteiger partial charge in [0.2, 0.25) is 0 Å². The van der Waals surface area contributed by atoms with Gasteiger partial charge in [-0.15, -0.1) is 0 Å². The first kappa shape index (κ1) is 24.0. The summed E-state index contributed by atoms with van der Waals surface area (Å²) in [5, 5.41) is 4.99. The number of halogens is 1. The molecule has 2 aromatic heterocycles. The van der Waals surface area contributed by atoms with Gasteiger partial charge in [-0.25, -0.2) is 0 Å². The second-order valence-corrected chi connectivity index (χ2v) is 10.7. The number of piperidine rings is 1. The number of nitrogens with one attached hydrogen (secondary N) is 1. The van der Waals surface area contributed by atoms with Gasteiger partial charge in [0.15, 0.2) is 5.11 Å². The lowest BCUT2D eigenvalue weighted by molar-refractivity contribution is 0.438. The SMILES string of the molecule is CC1CCN(c2ccc(N3C(=S)N[C@@H](c4ccccn4)[C@H]3c3cccn3-c3ccccc3)cc2Cl)CC1. The fraction of sp³-hybridized carbons (Fsp3) is 0.267. The third-order valence-electron chi connectivity index (χ3n) is 7.55. The van der Waals surface area contributed by atoms with E-state index in [0.29, 0.717) is 5.11 Å². The number of anilines is 2. The molecule has 0 spiro atoms. The van der Waals surface area contributed by atoms with Gasteiger partial charge in [0.1, 0.15) is 6.04 Å². The summed E-state index contributed by atoms with van der Waals surface area (Å²) in [5.41, 5.74) is 5.25. The molecule has 5 nitrogen and oxygen atoms in total. The smallest absolute Gasteiger partial charge is 0.174 e. The average Bonchev–Trinajstić information content (AvgIpc) is 3.54. The van der Waals surface area contributed by atoms with E-state index < -0.39 is 0 Å². The number of hydrogen-bond acceptors (Lipinski definition) is 3. The first-order valence-corrected chi connectivity index (χ1v) is 13.7. The fourth-order valence-corrected chi connectivity index (χ4v) is 6.18. The topological polar surface area (TPSA) is 36.3 Å². The van der Waals surface area contributed by atoms with Crippen LogP contribution in [-0.2, 0) is 0 Å². The third-order valence-corrected chi connectivity index (χ3v) is 8.17. The molecular weight excluding hydrogens is 498 g/mol. The van der Waals surface area contributed by atoms with Crippen LogP contribution in [0.2, 0.25) is 5.02 Å². The van der Waals surface area contributed by atoms with Crippen molar-refractivity contribution in [3.63, 3.8) is 0 Å². The van der Waals surface area contributed by atoms with Crippen molar-refractivity contribution < 1.29 is 0 Å². The molecule has 2 saturated heterocycles. The van der Waals surface area contributed by atoms with Crippen LogP contribution in [0.15, 0.2) is 91.3 Å². The Bertz CT molecular complexity index is 1380. The zero-order valence-corrected chi connectivity index (χ0v) is 22.4. The monoisotopic (exact) mass is 527 g/mol. The van der Waals surface area contributed by atoms with E-state index in [-0.39, 0.29) is 12.1 Å². The normalized spacial score (nSPS) is 20.3. The zero-order chi connectivity index (χ0) is 25.4. The Morgan fingerprint density at radius 1 is 0.919 bits per heavy atom. The van der Waals surface area contributed by atoms with Crippen LogP contribution in [0.3, 0.4) is 0 Å². The van der Waals surface area contributed by atoms with E-state index in [4.69, 9.17) is 28.8 Å². The number of thiocarbonyl (C=S) groups is 1. The van der Waals surface area contributed by atoms with Gasteiger partial charge in [0, 0.05) is 42.6 Å². The van der Waals surface area contributed by atoms with Crippen molar-refractivity contribution >= 4 is 40.3 Å². The summed E-state index contributed by atoms with van der Waals surface area (Å²) in [5.74, 6) is 0.771. The molecule has 1 N–H and O–H groups in total. The maximum absolute atomic E-state index is 6.93. The number of benzene rings is 2. The molecule has 0 bridgehead atoms. The van der Waals surface area contributed by atoms with Crippen molar-refractivity contribution in [2.24, 2.45) is 5.92 Å². The molecule has 2 aromatic carbocycles. The van der Waals surface area contributed by atoms with Crippen molar-refractivity contribution in [1.82, 2.24) is 14.9 Å². The molecule has 0 radical (unpaired) electrons. The molecule has 0 saturated carbocycles. The van der Waals surface area contributed by atoms with Gasteiger partial charge in [-0.3, -0.25) is 4.98 Å². The summed E-state index contributed by atoms with van der Waals surface area (Å²) in [6.07, 6.45) is 6.33. The molecule has 7 heteroatoms. The summed E-state index contributed by atoms with van der Waals surface area (Å²) in [6, 6.07) is 26.8. The van der Waals surface area contributed by atoms with Gasteiger partial charge >= 0.3 is 0 Å². The lowest BCUT2D eigenvalue weighted by Gasteiger charge is -2.33. The highest BCUT2D eigenvalue weighted by molar-refractivity contribution is 7.80. The van der Waals surface area contributed by atoms with Crippen molar-refractivity contribution in [2.75, 3.05) is 22.9 Å². The number of para-hydroxylation sites is 1. The number of rotatable bonds is 5. The van der Waals surface area contributed by atoms with Crippen LogP contribution in [0.25, 0.3) is 5.69 Å². The Kier molecular flexibility index (Phi) is 6.61. The van der Waals surface area contributed by atoms with E-state index in [2.05, 4.69) is 93.5 Å². The van der Waals surface area contributed by atoms with Gasteiger partial charge < -0.3 is 19.7 Å². The van der Waals surface area contributed by atoms with E-state index in [1.165, 1.54) is 12.8 Å². The highest BCUT2D eigenvalue weighted by atomic mass is 35.5. The Morgan fingerprint density at radius 3 is 2.43 bits per heavy atom. The predicted octanol–water partition coefficient (Wildman–Crippen LogP) is 6.94. The standard InChI is InChI=1S/C30H30ClN5S/c1-21-14-18-34(19-15-21)26-13-12-23(20-24(26)31)36-29(28(33-30(36)37)25-10-5-6-16-32-25)27-11-7-17-35(27)22-8-3-2-4-9-22/h2-13,16-17,20-21,28-29H,14-15,18-19H2,1H3,(H,33,37)/t28-,29+/m0/s1. The van der Waals surface area contributed by atoms with Crippen LogP contribution in [0.4, 0.5) is 11.4 Å². The van der Waals surface area contributed by atoms with Crippen LogP contribution >= 0.6 is 23.8 Å². The Balaban J connectivity index is 1.42. The average molecular weight is 528 g/mol. The summed E-state index contributed by atoms with van der Waals surface area (Å²) in [4.78, 5) is 9.29. The van der Waals surface area contributed by atoms with E-state index in [1.54, 1.807) is 0 Å². The molecule has 6 rings (SSSR count). The Morgan fingerprint density at radius 2 is 1.70 bits per heavy atom. The maximum atomic E-state index is 6.93. The van der Waals surface area contributed by atoms with Crippen LogP contribution in [0, 0.1) is 5.92 Å².